The number of carbonyl (C=O) groups excluding carboxylic acids is 1. The summed E-state index contributed by atoms with van der Waals surface area (Å²) in [5.74, 6) is 2.79. The molecule has 1 aromatic carbocycles. The second-order valence-electron chi connectivity index (χ2n) is 9.20. The predicted octanol–water partition coefficient (Wildman–Crippen LogP) is 3.05. The molecule has 5 rings (SSSR count). The molecule has 0 unspecified atom stereocenters. The molecular weight excluding hydrogens is 322 g/mol. The van der Waals surface area contributed by atoms with E-state index in [0.717, 1.165) is 17.8 Å². The predicted molar refractivity (Wildman–Crippen MR) is 101 cm³/mol. The van der Waals surface area contributed by atoms with Crippen LogP contribution in [0.25, 0.3) is 0 Å². The Morgan fingerprint density at radius 1 is 1.15 bits per heavy atom. The quantitative estimate of drug-likeness (QED) is 0.855. The highest BCUT2D eigenvalue weighted by Gasteiger charge is 2.54. The van der Waals surface area contributed by atoms with E-state index in [1.165, 1.54) is 38.5 Å². The number of quaternary nitrogens is 1. The zero-order chi connectivity index (χ0) is 18.3. The van der Waals surface area contributed by atoms with Gasteiger partial charge < -0.3 is 10.6 Å². The Labute approximate surface area is 156 Å². The molecule has 0 heterocycles. The molecule has 0 aliphatic heterocycles. The smallest absolute Gasteiger partial charge is 0.282 e. The second kappa shape index (κ2) is 6.70. The minimum absolute atomic E-state index is 0.00993. The second-order valence-corrected chi connectivity index (χ2v) is 9.20. The van der Waals surface area contributed by atoms with Crippen molar-refractivity contribution in [3.63, 3.8) is 0 Å². The molecule has 4 aliphatic rings. The van der Waals surface area contributed by atoms with Crippen LogP contribution in [0.5, 0.6) is 0 Å². The van der Waals surface area contributed by atoms with Crippen molar-refractivity contribution in [1.82, 2.24) is 0 Å². The van der Waals surface area contributed by atoms with Crippen LogP contribution in [0.1, 0.15) is 57.9 Å². The Bertz CT molecular complexity index is 700. The van der Waals surface area contributed by atoms with Gasteiger partial charge in [-0.25, -0.2) is 0 Å². The van der Waals surface area contributed by atoms with Gasteiger partial charge in [0.2, 0.25) is 0 Å². The van der Waals surface area contributed by atoms with Crippen LogP contribution in [0, 0.1) is 34.5 Å². The first kappa shape index (κ1) is 17.5. The summed E-state index contributed by atoms with van der Waals surface area (Å²) in [7, 11) is 0. The third-order valence-corrected chi connectivity index (χ3v) is 7.35. The summed E-state index contributed by atoms with van der Waals surface area (Å²) in [4.78, 5) is 12.7. The maximum absolute atomic E-state index is 12.7. The van der Waals surface area contributed by atoms with Gasteiger partial charge in [0.05, 0.1) is 17.3 Å². The van der Waals surface area contributed by atoms with Gasteiger partial charge in [-0.05, 0) is 82.3 Å². The maximum Gasteiger partial charge on any atom is 0.282 e. The topological polar surface area (TPSA) is 69.5 Å². The van der Waals surface area contributed by atoms with Crippen LogP contribution in [-0.2, 0) is 4.79 Å². The van der Waals surface area contributed by atoms with Gasteiger partial charge in [-0.2, -0.15) is 5.26 Å². The summed E-state index contributed by atoms with van der Waals surface area (Å²) < 4.78 is 0. The molecule has 138 valence electrons. The zero-order valence-corrected chi connectivity index (χ0v) is 15.9. The first-order valence-electron chi connectivity index (χ1n) is 10.1. The number of amides is 1. The number of rotatable bonds is 5. The summed E-state index contributed by atoms with van der Waals surface area (Å²) in [6.07, 6.45) is 8.44. The summed E-state index contributed by atoms with van der Waals surface area (Å²) in [5.41, 5.74) is 1.57. The fourth-order valence-corrected chi connectivity index (χ4v) is 6.40. The van der Waals surface area contributed by atoms with E-state index in [0.29, 0.717) is 22.7 Å². The van der Waals surface area contributed by atoms with Crippen molar-refractivity contribution in [3.8, 4) is 6.07 Å². The van der Waals surface area contributed by atoms with Crippen LogP contribution in [0.15, 0.2) is 24.3 Å². The SMILES string of the molecule is C[C@@H]([NH2+][C@H](C)C12CC3CC(CC(C3)C1)C2)C(=O)Nc1ccccc1C#N. The van der Waals surface area contributed by atoms with E-state index in [9.17, 15) is 10.1 Å². The molecule has 4 saturated carbocycles. The minimum atomic E-state index is -0.148. The zero-order valence-electron chi connectivity index (χ0n) is 15.9. The Morgan fingerprint density at radius 3 is 2.31 bits per heavy atom. The molecule has 4 nitrogen and oxygen atoms in total. The number of hydrogen-bond donors (Lipinski definition) is 2. The minimum Gasteiger partial charge on any atom is -0.334 e. The van der Waals surface area contributed by atoms with Crippen LogP contribution in [0.2, 0.25) is 0 Å². The molecule has 4 aliphatic carbocycles. The van der Waals surface area contributed by atoms with Crippen LogP contribution < -0.4 is 10.6 Å². The summed E-state index contributed by atoms with van der Waals surface area (Å²) in [6.45, 7) is 4.32. The number of anilines is 1. The van der Waals surface area contributed by atoms with Crippen molar-refractivity contribution < 1.29 is 10.1 Å². The molecule has 1 aromatic rings. The molecule has 4 heteroatoms. The van der Waals surface area contributed by atoms with Gasteiger partial charge in [-0.3, -0.25) is 4.79 Å². The molecule has 1 amide bonds. The lowest BCUT2D eigenvalue weighted by molar-refractivity contribution is -0.718. The average Bonchev–Trinajstić information content (AvgIpc) is 2.61. The molecule has 0 radical (unpaired) electrons. The Balaban J connectivity index is 1.40. The first-order chi connectivity index (χ1) is 12.5. The van der Waals surface area contributed by atoms with Crippen molar-refractivity contribution in [2.45, 2.75) is 64.5 Å². The first-order valence-corrected chi connectivity index (χ1v) is 10.1. The van der Waals surface area contributed by atoms with Gasteiger partial charge >= 0.3 is 0 Å². The number of nitrogens with one attached hydrogen (secondary N) is 1. The number of nitrogens with two attached hydrogens (primary N) is 1. The molecule has 4 bridgehead atoms. The van der Waals surface area contributed by atoms with Gasteiger partial charge in [0.15, 0.2) is 6.04 Å². The Kier molecular flexibility index (Phi) is 4.52. The summed E-state index contributed by atoms with van der Waals surface area (Å²) in [5, 5.41) is 14.4. The highest BCUT2D eigenvalue weighted by atomic mass is 16.2. The summed E-state index contributed by atoms with van der Waals surface area (Å²) >= 11 is 0. The van der Waals surface area contributed by atoms with Gasteiger partial charge in [-0.15, -0.1) is 0 Å². The molecule has 0 spiro atoms. The van der Waals surface area contributed by atoms with Gasteiger partial charge in [0, 0.05) is 5.41 Å². The van der Waals surface area contributed by atoms with Crippen molar-refractivity contribution in [3.05, 3.63) is 29.8 Å². The third kappa shape index (κ3) is 3.14. The fraction of sp³-hybridized carbons (Fsp3) is 0.636. The average molecular weight is 353 g/mol. The van der Waals surface area contributed by atoms with E-state index in [1.54, 1.807) is 12.1 Å². The number of hydrogen-bond acceptors (Lipinski definition) is 2. The van der Waals surface area contributed by atoms with E-state index in [1.807, 2.05) is 19.1 Å². The van der Waals surface area contributed by atoms with E-state index in [-0.39, 0.29) is 11.9 Å². The number of benzene rings is 1. The molecule has 2 atom stereocenters. The summed E-state index contributed by atoms with van der Waals surface area (Å²) in [6, 6.07) is 9.68. The van der Waals surface area contributed by atoms with Crippen LogP contribution in [0.4, 0.5) is 5.69 Å². The lowest BCUT2D eigenvalue weighted by Gasteiger charge is -2.58. The number of para-hydroxylation sites is 1. The van der Waals surface area contributed by atoms with Crippen molar-refractivity contribution in [1.29, 1.82) is 5.26 Å². The van der Waals surface area contributed by atoms with E-state index >= 15 is 0 Å². The number of nitrogens with zero attached hydrogens (tertiary/aromatic N) is 1. The Hall–Kier alpha value is -1.86. The van der Waals surface area contributed by atoms with Gasteiger partial charge in [-0.1, -0.05) is 12.1 Å². The largest absolute Gasteiger partial charge is 0.334 e. The highest BCUT2D eigenvalue weighted by molar-refractivity contribution is 5.94. The molecule has 26 heavy (non-hydrogen) atoms. The van der Waals surface area contributed by atoms with Crippen molar-refractivity contribution in [2.75, 3.05) is 5.32 Å². The normalized spacial score (nSPS) is 34.1. The number of carbonyl (C=O) groups is 1. The standard InChI is InChI=1S/C22H29N3O/c1-14(21(26)25-20-6-4-3-5-19(20)13-23)24-15(2)22-10-16-7-17(11-22)9-18(8-16)12-22/h3-6,14-18,24H,7-12H2,1-2H3,(H,25,26)/p+1/t14-,15-,16?,17?,18?,22?/m1/s1. The molecule has 0 saturated heterocycles. The molecule has 4 fully saturated rings. The van der Waals surface area contributed by atoms with E-state index < -0.39 is 0 Å². The highest BCUT2D eigenvalue weighted by Crippen LogP contribution is 2.60. The lowest BCUT2D eigenvalue weighted by Crippen LogP contribution is -2.98. The van der Waals surface area contributed by atoms with E-state index in [2.05, 4.69) is 23.6 Å². The maximum atomic E-state index is 12.7. The van der Waals surface area contributed by atoms with E-state index in [4.69, 9.17) is 0 Å². The van der Waals surface area contributed by atoms with Gasteiger partial charge in [0.25, 0.3) is 5.91 Å². The third-order valence-electron chi connectivity index (χ3n) is 7.35. The van der Waals surface area contributed by atoms with Crippen molar-refractivity contribution >= 4 is 11.6 Å². The Morgan fingerprint density at radius 2 is 1.73 bits per heavy atom. The molecular formula is C22H30N3O+. The molecule has 0 aromatic heterocycles. The monoisotopic (exact) mass is 352 g/mol. The fourth-order valence-electron chi connectivity index (χ4n) is 6.40. The van der Waals surface area contributed by atoms with Gasteiger partial charge in [0.1, 0.15) is 6.07 Å². The van der Waals surface area contributed by atoms with Crippen LogP contribution >= 0.6 is 0 Å². The number of nitriles is 1. The van der Waals surface area contributed by atoms with Crippen molar-refractivity contribution in [2.24, 2.45) is 23.2 Å². The lowest BCUT2D eigenvalue weighted by atomic mass is 9.48. The molecule has 3 N–H and O–H groups in total. The van der Waals surface area contributed by atoms with Crippen LogP contribution in [0.3, 0.4) is 0 Å². The van der Waals surface area contributed by atoms with Crippen LogP contribution in [-0.4, -0.2) is 18.0 Å².